The van der Waals surface area contributed by atoms with Gasteiger partial charge in [0.15, 0.2) is 0 Å². The van der Waals surface area contributed by atoms with Gasteiger partial charge in [0.2, 0.25) is 0 Å². The summed E-state index contributed by atoms with van der Waals surface area (Å²) in [4.78, 5) is 0. The van der Waals surface area contributed by atoms with Gasteiger partial charge in [-0.3, -0.25) is 0 Å². The van der Waals surface area contributed by atoms with Crippen LogP contribution in [-0.2, 0) is 14.1 Å². The minimum atomic E-state index is -5.67. The molecule has 0 unspecified atom stereocenters. The number of hydrogen-bond acceptors (Lipinski definition) is 3. The average Bonchev–Trinajstić information content (AvgIpc) is 2.47. The molecule has 3 nitrogen and oxygen atoms in total. The van der Waals surface area contributed by atoms with Crippen LogP contribution in [0.1, 0.15) is 40.0 Å². The first-order valence-corrected chi connectivity index (χ1v) is 12.3. The summed E-state index contributed by atoms with van der Waals surface area (Å²) in [5, 5.41) is 0.613. The van der Waals surface area contributed by atoms with E-state index in [4.69, 9.17) is 3.97 Å². The molecule has 8 heteroatoms. The molecule has 0 N–H and O–H groups in total. The zero-order chi connectivity index (χ0) is 18.5. The van der Waals surface area contributed by atoms with Crippen LogP contribution in [0, 0.1) is 0 Å². The molecule has 0 spiro atoms. The van der Waals surface area contributed by atoms with Gasteiger partial charge in [0.25, 0.3) is 0 Å². The van der Waals surface area contributed by atoms with E-state index in [1.807, 2.05) is 20.8 Å². The molecule has 1 rings (SSSR count). The molecule has 0 fully saturated rings. The van der Waals surface area contributed by atoms with E-state index in [9.17, 15) is 21.6 Å². The van der Waals surface area contributed by atoms with E-state index in [-0.39, 0.29) is 0 Å². The number of hydrogen-bond donors (Lipinski definition) is 0. The van der Waals surface area contributed by atoms with Crippen LogP contribution in [0.5, 0.6) is 0 Å². The Bertz CT molecular complexity index is 610. The fourth-order valence-electron chi connectivity index (χ4n) is 3.54. The number of alkyl halides is 3. The van der Waals surface area contributed by atoms with Crippen LogP contribution in [0.25, 0.3) is 0 Å². The third-order valence-corrected chi connectivity index (χ3v) is 13.2. The Balaban J connectivity index is 3.71. The zero-order valence-electron chi connectivity index (χ0n) is 14.3. The fourth-order valence-corrected chi connectivity index (χ4v) is 12.7. The third kappa shape index (κ3) is 4.12. The van der Waals surface area contributed by atoms with Gasteiger partial charge in [0, 0.05) is 0 Å². The van der Waals surface area contributed by atoms with Gasteiger partial charge >= 0.3 is 142 Å². The molecule has 0 aromatic heterocycles. The van der Waals surface area contributed by atoms with Gasteiger partial charge in [-0.2, -0.15) is 0 Å². The monoisotopic (exact) mass is 386 g/mol. The minimum absolute atomic E-state index is 0.326. The van der Waals surface area contributed by atoms with Crippen molar-refractivity contribution < 1.29 is 25.6 Å². The Morgan fingerprint density at radius 1 is 0.917 bits per heavy atom. The van der Waals surface area contributed by atoms with Crippen molar-refractivity contribution in [2.75, 3.05) is 18.5 Å². The molecule has 0 radical (unpaired) electrons. The van der Waals surface area contributed by atoms with E-state index in [2.05, 4.69) is 0 Å². The zero-order valence-corrected chi connectivity index (χ0v) is 16.1. The predicted octanol–water partition coefficient (Wildman–Crippen LogP) is 4.88. The second kappa shape index (κ2) is 7.71. The predicted molar refractivity (Wildman–Crippen MR) is 94.5 cm³/mol. The molecule has 1 aromatic rings. The Morgan fingerprint density at radius 3 is 1.67 bits per heavy atom. The van der Waals surface area contributed by atoms with Crippen molar-refractivity contribution in [2.45, 2.75) is 45.5 Å². The summed E-state index contributed by atoms with van der Waals surface area (Å²) in [6.07, 6.45) is 2.64. The van der Waals surface area contributed by atoms with Crippen molar-refractivity contribution in [2.24, 2.45) is 0 Å². The second-order valence-corrected chi connectivity index (χ2v) is 13.2. The molecular formula is C16H26F3O3PS. The summed E-state index contributed by atoms with van der Waals surface area (Å²) in [6, 6.07) is 8.63. The van der Waals surface area contributed by atoms with Crippen molar-refractivity contribution in [1.29, 1.82) is 0 Å². The van der Waals surface area contributed by atoms with Crippen LogP contribution in [0.2, 0.25) is 0 Å². The topological polar surface area (TPSA) is 43.4 Å². The summed E-state index contributed by atoms with van der Waals surface area (Å²) in [6.45, 7) is 1.76. The van der Waals surface area contributed by atoms with Crippen molar-refractivity contribution in [1.82, 2.24) is 0 Å². The van der Waals surface area contributed by atoms with E-state index in [1.165, 1.54) is 0 Å². The quantitative estimate of drug-likeness (QED) is 0.449. The van der Waals surface area contributed by atoms with Crippen LogP contribution >= 0.6 is 6.83 Å². The summed E-state index contributed by atoms with van der Waals surface area (Å²) in [5.41, 5.74) is -5.42. The van der Waals surface area contributed by atoms with Gasteiger partial charge in [-0.05, 0) is 0 Å². The molecule has 24 heavy (non-hydrogen) atoms. The first-order chi connectivity index (χ1) is 11.1. The van der Waals surface area contributed by atoms with Crippen LogP contribution in [0.15, 0.2) is 30.3 Å². The van der Waals surface area contributed by atoms with Crippen molar-refractivity contribution in [3.05, 3.63) is 30.3 Å². The first-order valence-electron chi connectivity index (χ1n) is 8.16. The molecule has 0 aliphatic rings. The molecule has 0 saturated carbocycles. The summed E-state index contributed by atoms with van der Waals surface area (Å²) >= 11 is 0. The molecule has 1 aromatic carbocycles. The second-order valence-electron chi connectivity index (χ2n) is 6.10. The molecule has 0 heterocycles. The maximum absolute atomic E-state index is 13.1. The summed E-state index contributed by atoms with van der Waals surface area (Å²) < 4.78 is 68.4. The molecule has 0 bridgehead atoms. The normalized spacial score (nSPS) is 15.0. The molecule has 0 atom stereocenters. The molecule has 0 amide bonds. The molecule has 0 aliphatic carbocycles. The molecule has 140 valence electrons. The van der Waals surface area contributed by atoms with Gasteiger partial charge in [0.1, 0.15) is 0 Å². The fraction of sp³-hybridized carbons (Fsp3) is 0.625. The van der Waals surface area contributed by atoms with Crippen LogP contribution < -0.4 is 5.30 Å². The van der Waals surface area contributed by atoms with Gasteiger partial charge in [0.05, 0.1) is 0 Å². The Morgan fingerprint density at radius 2 is 1.33 bits per heavy atom. The molecule has 0 aliphatic heterocycles. The molecule has 0 saturated heterocycles. The number of rotatable bonds is 9. The SMILES string of the molecule is CCCP(CCC)(CCC)(OS(=O)(=O)C(F)(F)F)c1ccccc1. The van der Waals surface area contributed by atoms with Gasteiger partial charge < -0.3 is 0 Å². The Hall–Kier alpha value is -0.650. The Labute approximate surface area is 142 Å². The van der Waals surface area contributed by atoms with Crippen molar-refractivity contribution >= 4 is 22.3 Å². The van der Waals surface area contributed by atoms with Crippen molar-refractivity contribution in [3.63, 3.8) is 0 Å². The Kier molecular flexibility index (Phi) is 6.87. The van der Waals surface area contributed by atoms with E-state index in [0.717, 1.165) is 0 Å². The third-order valence-electron chi connectivity index (χ3n) is 4.22. The van der Waals surface area contributed by atoms with Gasteiger partial charge in [-0.1, -0.05) is 0 Å². The maximum atomic E-state index is 13.1. The number of halogens is 3. The van der Waals surface area contributed by atoms with E-state index in [1.54, 1.807) is 30.3 Å². The summed E-state index contributed by atoms with van der Waals surface area (Å²) in [7, 11) is -5.67. The van der Waals surface area contributed by atoms with E-state index in [0.29, 0.717) is 43.1 Å². The van der Waals surface area contributed by atoms with Crippen molar-refractivity contribution in [3.8, 4) is 0 Å². The molecular weight excluding hydrogens is 360 g/mol. The van der Waals surface area contributed by atoms with E-state index < -0.39 is 22.5 Å². The van der Waals surface area contributed by atoms with Crippen LogP contribution in [0.4, 0.5) is 13.2 Å². The van der Waals surface area contributed by atoms with Crippen LogP contribution in [-0.4, -0.2) is 32.4 Å². The average molecular weight is 386 g/mol. The van der Waals surface area contributed by atoms with Gasteiger partial charge in [-0.15, -0.1) is 0 Å². The summed E-state index contributed by atoms with van der Waals surface area (Å²) in [5.74, 6) is 0. The number of benzene rings is 1. The first kappa shape index (κ1) is 21.4. The van der Waals surface area contributed by atoms with Crippen LogP contribution in [0.3, 0.4) is 0 Å². The van der Waals surface area contributed by atoms with E-state index >= 15 is 0 Å². The standard InChI is InChI=1S/C16H26F3O3PS/c1-4-12-23(13-5-2,14-6-3,15-10-8-7-9-11-15)22-24(20,21)16(17,18)19/h7-11H,4-6,12-14H2,1-3H3. The van der Waals surface area contributed by atoms with Gasteiger partial charge in [-0.25, -0.2) is 0 Å².